The maximum atomic E-state index is 13.6. The van der Waals surface area contributed by atoms with Crippen molar-refractivity contribution in [2.75, 3.05) is 19.7 Å². The SMILES string of the molecule is CC(C)OCC(O)CN(Cc1cccc(F)c1)CC1CC(c2ccc(Cl)c(Cl)c2)=NO1. The molecule has 1 aliphatic heterocycles. The zero-order valence-corrected chi connectivity index (χ0v) is 19.1. The van der Waals surface area contributed by atoms with Crippen LogP contribution in [-0.2, 0) is 16.1 Å². The van der Waals surface area contributed by atoms with Crippen molar-refractivity contribution in [3.8, 4) is 0 Å². The lowest BCUT2D eigenvalue weighted by Gasteiger charge is -2.27. The third-order valence-corrected chi connectivity index (χ3v) is 5.57. The van der Waals surface area contributed by atoms with E-state index in [1.54, 1.807) is 18.2 Å². The smallest absolute Gasteiger partial charge is 0.145 e. The predicted octanol–water partition coefficient (Wildman–Crippen LogP) is 4.91. The number of oxime groups is 1. The Bertz CT molecular complexity index is 910. The van der Waals surface area contributed by atoms with Gasteiger partial charge < -0.3 is 14.7 Å². The number of aliphatic hydroxyl groups excluding tert-OH is 1. The molecule has 8 heteroatoms. The largest absolute Gasteiger partial charge is 0.390 e. The van der Waals surface area contributed by atoms with E-state index < -0.39 is 6.10 Å². The summed E-state index contributed by atoms with van der Waals surface area (Å²) in [5.74, 6) is -0.288. The highest BCUT2D eigenvalue weighted by Gasteiger charge is 2.26. The van der Waals surface area contributed by atoms with Crippen molar-refractivity contribution in [3.05, 3.63) is 69.5 Å². The molecule has 0 spiro atoms. The maximum absolute atomic E-state index is 13.6. The number of rotatable bonds is 10. The van der Waals surface area contributed by atoms with Crippen molar-refractivity contribution in [2.24, 2.45) is 5.16 Å². The van der Waals surface area contributed by atoms with Gasteiger partial charge in [0.2, 0.25) is 0 Å². The highest BCUT2D eigenvalue weighted by molar-refractivity contribution is 6.42. The predicted molar refractivity (Wildman–Crippen MR) is 121 cm³/mol. The summed E-state index contributed by atoms with van der Waals surface area (Å²) in [6.45, 7) is 5.43. The van der Waals surface area contributed by atoms with Gasteiger partial charge in [-0.15, -0.1) is 0 Å². The van der Waals surface area contributed by atoms with Crippen LogP contribution in [0.15, 0.2) is 47.6 Å². The first-order valence-corrected chi connectivity index (χ1v) is 11.0. The number of benzene rings is 2. The molecule has 3 rings (SSSR count). The lowest BCUT2D eigenvalue weighted by atomic mass is 10.0. The summed E-state index contributed by atoms with van der Waals surface area (Å²) in [5, 5.41) is 15.6. The topological polar surface area (TPSA) is 54.3 Å². The first-order valence-electron chi connectivity index (χ1n) is 10.2. The fourth-order valence-electron chi connectivity index (χ4n) is 3.41. The molecule has 0 radical (unpaired) electrons. The zero-order valence-electron chi connectivity index (χ0n) is 17.6. The number of hydrogen-bond donors (Lipinski definition) is 1. The monoisotopic (exact) mass is 468 g/mol. The van der Waals surface area contributed by atoms with Crippen LogP contribution in [-0.4, -0.2) is 53.7 Å². The Morgan fingerprint density at radius 1 is 1.23 bits per heavy atom. The molecule has 0 aromatic heterocycles. The summed E-state index contributed by atoms with van der Waals surface area (Å²) in [4.78, 5) is 7.67. The molecule has 1 aliphatic rings. The second-order valence-electron chi connectivity index (χ2n) is 7.96. The molecule has 0 amide bonds. The van der Waals surface area contributed by atoms with E-state index in [0.29, 0.717) is 36.1 Å². The Labute approximate surface area is 192 Å². The van der Waals surface area contributed by atoms with Crippen LogP contribution in [0.2, 0.25) is 10.0 Å². The van der Waals surface area contributed by atoms with Crippen molar-refractivity contribution >= 4 is 28.9 Å². The number of aliphatic hydroxyl groups is 1. The van der Waals surface area contributed by atoms with Crippen LogP contribution in [0.1, 0.15) is 31.4 Å². The van der Waals surface area contributed by atoms with Gasteiger partial charge in [0.1, 0.15) is 11.9 Å². The van der Waals surface area contributed by atoms with Gasteiger partial charge in [-0.05, 0) is 43.7 Å². The molecule has 0 aliphatic carbocycles. The van der Waals surface area contributed by atoms with E-state index in [4.69, 9.17) is 32.8 Å². The normalized spacial score (nSPS) is 17.2. The quantitative estimate of drug-likeness (QED) is 0.537. The highest BCUT2D eigenvalue weighted by atomic mass is 35.5. The summed E-state index contributed by atoms with van der Waals surface area (Å²) < 4.78 is 19.2. The van der Waals surface area contributed by atoms with E-state index in [1.165, 1.54) is 12.1 Å². The standard InChI is InChI=1S/C23H27Cl2FN2O3/c1-15(2)30-14-19(29)12-28(11-16-4-3-5-18(26)8-16)13-20-10-23(27-31-20)17-6-7-21(24)22(25)9-17/h3-9,15,19-20,29H,10-14H2,1-2H3. The van der Waals surface area contributed by atoms with E-state index >= 15 is 0 Å². The third-order valence-electron chi connectivity index (χ3n) is 4.83. The molecule has 2 atom stereocenters. The number of hydrogen-bond acceptors (Lipinski definition) is 5. The molecule has 0 saturated carbocycles. The summed E-state index contributed by atoms with van der Waals surface area (Å²) in [6.07, 6.45) is -0.244. The van der Waals surface area contributed by atoms with Gasteiger partial charge in [-0.1, -0.05) is 46.6 Å². The molecular formula is C23H27Cl2FN2O3. The summed E-state index contributed by atoms with van der Waals surface area (Å²) in [6, 6.07) is 11.8. The summed E-state index contributed by atoms with van der Waals surface area (Å²) in [7, 11) is 0. The fourth-order valence-corrected chi connectivity index (χ4v) is 3.71. The summed E-state index contributed by atoms with van der Waals surface area (Å²) >= 11 is 12.1. The van der Waals surface area contributed by atoms with Crippen LogP contribution < -0.4 is 0 Å². The minimum Gasteiger partial charge on any atom is -0.390 e. The van der Waals surface area contributed by atoms with Gasteiger partial charge in [0, 0.05) is 31.6 Å². The van der Waals surface area contributed by atoms with Crippen LogP contribution in [0.3, 0.4) is 0 Å². The lowest BCUT2D eigenvalue weighted by molar-refractivity contribution is -0.0194. The van der Waals surface area contributed by atoms with Crippen LogP contribution in [0, 0.1) is 5.82 Å². The average Bonchev–Trinajstić information content (AvgIpc) is 3.17. The Morgan fingerprint density at radius 3 is 2.74 bits per heavy atom. The molecule has 168 valence electrons. The Morgan fingerprint density at radius 2 is 2.03 bits per heavy atom. The zero-order chi connectivity index (χ0) is 22.4. The minimum atomic E-state index is -0.673. The Kier molecular flexibility index (Phi) is 8.69. The van der Waals surface area contributed by atoms with E-state index in [1.807, 2.05) is 30.9 Å². The van der Waals surface area contributed by atoms with Gasteiger partial charge in [0.25, 0.3) is 0 Å². The third kappa shape index (κ3) is 7.44. The molecule has 0 fully saturated rings. The van der Waals surface area contributed by atoms with Crippen molar-refractivity contribution in [2.45, 2.75) is 45.1 Å². The van der Waals surface area contributed by atoms with Gasteiger partial charge >= 0.3 is 0 Å². The van der Waals surface area contributed by atoms with Crippen LogP contribution >= 0.6 is 23.2 Å². The first kappa shape index (κ1) is 24.0. The number of nitrogens with zero attached hydrogens (tertiary/aromatic N) is 2. The van der Waals surface area contributed by atoms with Crippen molar-refractivity contribution in [1.82, 2.24) is 4.90 Å². The van der Waals surface area contributed by atoms with E-state index in [9.17, 15) is 9.50 Å². The molecule has 2 aromatic carbocycles. The lowest BCUT2D eigenvalue weighted by Crippen LogP contribution is -2.39. The molecule has 5 nitrogen and oxygen atoms in total. The van der Waals surface area contributed by atoms with Crippen molar-refractivity contribution in [1.29, 1.82) is 0 Å². The molecule has 1 N–H and O–H groups in total. The molecule has 0 saturated heterocycles. The molecule has 2 aromatic rings. The van der Waals surface area contributed by atoms with Gasteiger partial charge in [-0.2, -0.15) is 0 Å². The molecule has 1 heterocycles. The van der Waals surface area contributed by atoms with E-state index in [-0.39, 0.29) is 24.6 Å². The van der Waals surface area contributed by atoms with Crippen LogP contribution in [0.25, 0.3) is 0 Å². The van der Waals surface area contributed by atoms with Gasteiger partial charge in [-0.3, -0.25) is 4.90 Å². The summed E-state index contributed by atoms with van der Waals surface area (Å²) in [5.41, 5.74) is 2.47. The fraction of sp³-hybridized carbons (Fsp3) is 0.435. The molecule has 31 heavy (non-hydrogen) atoms. The highest BCUT2D eigenvalue weighted by Crippen LogP contribution is 2.26. The second-order valence-corrected chi connectivity index (χ2v) is 8.77. The molecular weight excluding hydrogens is 442 g/mol. The number of ether oxygens (including phenoxy) is 1. The second kappa shape index (κ2) is 11.2. The Balaban J connectivity index is 1.64. The van der Waals surface area contributed by atoms with Gasteiger partial charge in [0.05, 0.1) is 34.6 Å². The van der Waals surface area contributed by atoms with Crippen molar-refractivity contribution < 1.29 is 19.1 Å². The number of halogens is 3. The molecule has 2 unspecified atom stereocenters. The minimum absolute atomic E-state index is 0.0339. The van der Waals surface area contributed by atoms with Gasteiger partial charge in [-0.25, -0.2) is 4.39 Å². The van der Waals surface area contributed by atoms with Gasteiger partial charge in [0.15, 0.2) is 0 Å². The van der Waals surface area contributed by atoms with Crippen molar-refractivity contribution in [3.63, 3.8) is 0 Å². The van der Waals surface area contributed by atoms with E-state index in [0.717, 1.165) is 16.8 Å². The first-order chi connectivity index (χ1) is 14.8. The maximum Gasteiger partial charge on any atom is 0.145 e. The van der Waals surface area contributed by atoms with Crippen LogP contribution in [0.5, 0.6) is 0 Å². The van der Waals surface area contributed by atoms with Crippen LogP contribution in [0.4, 0.5) is 4.39 Å². The molecule has 0 bridgehead atoms. The van der Waals surface area contributed by atoms with E-state index in [2.05, 4.69) is 5.16 Å². The Hall–Kier alpha value is -1.70. The average molecular weight is 469 g/mol.